The number of ether oxygens (including phenoxy) is 1. The highest BCUT2D eigenvalue weighted by atomic mass is 16.6. The van der Waals surface area contributed by atoms with E-state index in [1.54, 1.807) is 0 Å². The Kier molecular flexibility index (Phi) is 4.54. The van der Waals surface area contributed by atoms with Crippen LogP contribution in [0.15, 0.2) is 0 Å². The van der Waals surface area contributed by atoms with Crippen LogP contribution < -0.4 is 5.32 Å². The first-order valence-electron chi connectivity index (χ1n) is 8.82. The normalized spacial score (nSPS) is 31.9. The van der Waals surface area contributed by atoms with Crippen molar-refractivity contribution in [2.45, 2.75) is 64.1 Å². The Morgan fingerprint density at radius 2 is 1.91 bits per heavy atom. The van der Waals surface area contributed by atoms with E-state index in [0.29, 0.717) is 24.5 Å². The number of nitrogens with zero attached hydrogens (tertiary/aromatic N) is 2. The van der Waals surface area contributed by atoms with E-state index < -0.39 is 5.60 Å². The highest BCUT2D eigenvalue weighted by molar-refractivity contribution is 5.78. The lowest BCUT2D eigenvalue weighted by Gasteiger charge is -2.41. The first kappa shape index (κ1) is 16.6. The zero-order chi connectivity index (χ0) is 16.6. The van der Waals surface area contributed by atoms with Crippen LogP contribution in [0.25, 0.3) is 0 Å². The van der Waals surface area contributed by atoms with Crippen molar-refractivity contribution in [3.05, 3.63) is 0 Å². The van der Waals surface area contributed by atoms with E-state index in [2.05, 4.69) is 10.2 Å². The number of hydrogen-bond acceptors (Lipinski definition) is 4. The molecule has 0 saturated carbocycles. The van der Waals surface area contributed by atoms with Gasteiger partial charge in [0.15, 0.2) is 0 Å². The molecule has 3 fully saturated rings. The van der Waals surface area contributed by atoms with Crippen LogP contribution in [0, 0.1) is 5.92 Å². The second-order valence-corrected chi connectivity index (χ2v) is 8.20. The molecule has 0 aromatic rings. The fourth-order valence-electron chi connectivity index (χ4n) is 4.26. The Morgan fingerprint density at radius 3 is 2.48 bits per heavy atom. The molecule has 3 aliphatic rings. The van der Waals surface area contributed by atoms with E-state index in [-0.39, 0.29) is 12.0 Å². The van der Waals surface area contributed by atoms with Crippen LogP contribution in [-0.4, -0.2) is 65.7 Å². The Balaban J connectivity index is 1.56. The molecule has 3 rings (SSSR count). The fraction of sp³-hybridized carbons (Fsp3) is 0.882. The largest absolute Gasteiger partial charge is 0.444 e. The highest BCUT2D eigenvalue weighted by Crippen LogP contribution is 2.39. The lowest BCUT2D eigenvalue weighted by molar-refractivity contribution is -0.124. The fourth-order valence-corrected chi connectivity index (χ4v) is 4.26. The maximum absolute atomic E-state index is 12.5. The summed E-state index contributed by atoms with van der Waals surface area (Å²) in [6.45, 7) is 8.93. The number of nitrogens with one attached hydrogen (secondary N) is 1. The standard InChI is InChI=1S/C17H29N3O3/c1-17(2,3)23-16(22)20-13-4-5-14(20)9-12(8-13)10-19-7-6-18-15(21)11-19/h12-14H,4-11H2,1-3H3,(H,18,21). The quantitative estimate of drug-likeness (QED) is 0.838. The van der Waals surface area contributed by atoms with Crippen LogP contribution >= 0.6 is 0 Å². The van der Waals surface area contributed by atoms with Crippen molar-refractivity contribution in [2.75, 3.05) is 26.2 Å². The van der Waals surface area contributed by atoms with Crippen LogP contribution in [0.5, 0.6) is 0 Å². The zero-order valence-electron chi connectivity index (χ0n) is 14.5. The van der Waals surface area contributed by atoms with Crippen molar-refractivity contribution in [1.82, 2.24) is 15.1 Å². The highest BCUT2D eigenvalue weighted by Gasteiger charge is 2.45. The van der Waals surface area contributed by atoms with Crippen molar-refractivity contribution in [3.63, 3.8) is 0 Å². The van der Waals surface area contributed by atoms with Crippen LogP contribution in [0.3, 0.4) is 0 Å². The van der Waals surface area contributed by atoms with Gasteiger partial charge in [-0.25, -0.2) is 4.79 Å². The van der Waals surface area contributed by atoms with Gasteiger partial charge in [-0.15, -0.1) is 0 Å². The minimum absolute atomic E-state index is 0.130. The van der Waals surface area contributed by atoms with Gasteiger partial charge >= 0.3 is 6.09 Å². The van der Waals surface area contributed by atoms with E-state index in [4.69, 9.17) is 4.74 Å². The summed E-state index contributed by atoms with van der Waals surface area (Å²) in [7, 11) is 0. The van der Waals surface area contributed by atoms with Crippen LogP contribution in [0.1, 0.15) is 46.5 Å². The zero-order valence-corrected chi connectivity index (χ0v) is 14.5. The lowest BCUT2D eigenvalue weighted by atomic mass is 9.90. The topological polar surface area (TPSA) is 61.9 Å². The predicted molar refractivity (Wildman–Crippen MR) is 87.1 cm³/mol. The SMILES string of the molecule is CC(C)(C)OC(=O)N1C2CCC1CC(CN1CCNC(=O)C1)C2. The number of fused-ring (bicyclic) bond motifs is 2. The Morgan fingerprint density at radius 1 is 1.26 bits per heavy atom. The Labute approximate surface area is 138 Å². The minimum atomic E-state index is -0.436. The molecule has 6 nitrogen and oxygen atoms in total. The van der Waals surface area contributed by atoms with Gasteiger partial charge in [-0.1, -0.05) is 0 Å². The Bertz CT molecular complexity index is 460. The number of amides is 2. The molecule has 2 unspecified atom stereocenters. The second kappa shape index (κ2) is 6.30. The molecule has 3 saturated heterocycles. The van der Waals surface area contributed by atoms with Gasteiger partial charge in [0.25, 0.3) is 0 Å². The van der Waals surface area contributed by atoms with Gasteiger partial charge in [0.1, 0.15) is 5.60 Å². The molecule has 2 amide bonds. The molecular formula is C17H29N3O3. The first-order chi connectivity index (χ1) is 10.8. The third kappa shape index (κ3) is 3.97. The van der Waals surface area contributed by atoms with Crippen LogP contribution in [0.4, 0.5) is 4.79 Å². The monoisotopic (exact) mass is 323 g/mol. The number of carbonyl (C=O) groups excluding carboxylic acids is 2. The Hall–Kier alpha value is -1.30. The molecule has 6 heteroatoms. The van der Waals surface area contributed by atoms with Crippen molar-refractivity contribution >= 4 is 12.0 Å². The van der Waals surface area contributed by atoms with Gasteiger partial charge in [0.05, 0.1) is 6.54 Å². The van der Waals surface area contributed by atoms with Crippen LogP contribution in [0.2, 0.25) is 0 Å². The summed E-state index contributed by atoms with van der Waals surface area (Å²) in [5, 5.41) is 2.87. The summed E-state index contributed by atoms with van der Waals surface area (Å²) in [6, 6.07) is 0.624. The van der Waals surface area contributed by atoms with Crippen molar-refractivity contribution in [2.24, 2.45) is 5.92 Å². The summed E-state index contributed by atoms with van der Waals surface area (Å²) >= 11 is 0. The second-order valence-electron chi connectivity index (χ2n) is 8.20. The van der Waals surface area contributed by atoms with Crippen molar-refractivity contribution in [1.29, 1.82) is 0 Å². The summed E-state index contributed by atoms with van der Waals surface area (Å²) in [5.74, 6) is 0.711. The summed E-state index contributed by atoms with van der Waals surface area (Å²) in [4.78, 5) is 28.2. The van der Waals surface area contributed by atoms with E-state index in [1.807, 2.05) is 25.7 Å². The molecular weight excluding hydrogens is 294 g/mol. The average Bonchev–Trinajstić information content (AvgIpc) is 2.69. The molecule has 0 aliphatic carbocycles. The number of piperidine rings is 1. The summed E-state index contributed by atoms with van der Waals surface area (Å²) in [6.07, 6.45) is 4.09. The molecule has 0 radical (unpaired) electrons. The van der Waals surface area contributed by atoms with Crippen molar-refractivity contribution < 1.29 is 14.3 Å². The molecule has 2 atom stereocenters. The van der Waals surface area contributed by atoms with Gasteiger partial charge < -0.3 is 15.0 Å². The molecule has 130 valence electrons. The van der Waals surface area contributed by atoms with E-state index in [9.17, 15) is 9.59 Å². The number of hydrogen-bond donors (Lipinski definition) is 1. The lowest BCUT2D eigenvalue weighted by Crippen LogP contribution is -2.52. The molecule has 3 heterocycles. The van der Waals surface area contributed by atoms with Crippen LogP contribution in [-0.2, 0) is 9.53 Å². The number of rotatable bonds is 2. The predicted octanol–water partition coefficient (Wildman–Crippen LogP) is 1.60. The van der Waals surface area contributed by atoms with Gasteiger partial charge in [0.2, 0.25) is 5.91 Å². The molecule has 0 aromatic carbocycles. The third-order valence-electron chi connectivity index (χ3n) is 5.07. The van der Waals surface area contributed by atoms with Gasteiger partial charge in [-0.05, 0) is 52.4 Å². The van der Waals surface area contributed by atoms with Gasteiger partial charge in [0, 0.05) is 31.7 Å². The maximum Gasteiger partial charge on any atom is 0.410 e. The van der Waals surface area contributed by atoms with Gasteiger partial charge in [-0.3, -0.25) is 9.69 Å². The first-order valence-corrected chi connectivity index (χ1v) is 8.82. The molecule has 3 aliphatic heterocycles. The minimum Gasteiger partial charge on any atom is -0.444 e. The third-order valence-corrected chi connectivity index (χ3v) is 5.07. The molecule has 0 aromatic heterocycles. The van der Waals surface area contributed by atoms with E-state index in [1.165, 1.54) is 0 Å². The van der Waals surface area contributed by atoms with Crippen molar-refractivity contribution in [3.8, 4) is 0 Å². The summed E-state index contributed by atoms with van der Waals surface area (Å²) in [5.41, 5.74) is -0.436. The maximum atomic E-state index is 12.5. The molecule has 2 bridgehead atoms. The summed E-state index contributed by atoms with van der Waals surface area (Å²) < 4.78 is 5.58. The van der Waals surface area contributed by atoms with E-state index in [0.717, 1.165) is 45.3 Å². The smallest absolute Gasteiger partial charge is 0.410 e. The number of carbonyl (C=O) groups is 2. The number of piperazine rings is 1. The average molecular weight is 323 g/mol. The molecule has 1 N–H and O–H groups in total. The van der Waals surface area contributed by atoms with Gasteiger partial charge in [-0.2, -0.15) is 0 Å². The van der Waals surface area contributed by atoms with E-state index >= 15 is 0 Å². The molecule has 23 heavy (non-hydrogen) atoms. The molecule has 0 spiro atoms.